The number of carbonyl (C=O) groups excluding carboxylic acids is 2. The summed E-state index contributed by atoms with van der Waals surface area (Å²) < 4.78 is 1.85. The van der Waals surface area contributed by atoms with E-state index >= 15 is 0 Å². The van der Waals surface area contributed by atoms with Crippen LogP contribution in [0.5, 0.6) is 0 Å². The smallest absolute Gasteiger partial charge is 0.221 e. The van der Waals surface area contributed by atoms with E-state index in [4.69, 9.17) is 5.73 Å². The second-order valence-corrected chi connectivity index (χ2v) is 8.06. The molecule has 1 saturated heterocycles. The number of aromatic nitrogens is 3. The van der Waals surface area contributed by atoms with E-state index in [1.54, 1.807) is 0 Å². The molecule has 0 saturated carbocycles. The van der Waals surface area contributed by atoms with E-state index < -0.39 is 0 Å². The Labute approximate surface area is 171 Å². The van der Waals surface area contributed by atoms with Gasteiger partial charge in [-0.05, 0) is 65.1 Å². The molecule has 29 heavy (non-hydrogen) atoms. The van der Waals surface area contributed by atoms with Gasteiger partial charge in [0.05, 0.1) is 11.6 Å². The number of rotatable bonds is 8. The van der Waals surface area contributed by atoms with E-state index in [1.807, 2.05) is 31.4 Å². The van der Waals surface area contributed by atoms with Gasteiger partial charge in [-0.15, -0.1) is 0 Å². The highest BCUT2D eigenvalue weighted by Crippen LogP contribution is 2.17. The molecular formula is C21H32N6O2. The van der Waals surface area contributed by atoms with Crippen molar-refractivity contribution in [3.8, 4) is 0 Å². The van der Waals surface area contributed by atoms with Crippen LogP contribution in [0.15, 0.2) is 6.07 Å². The number of carbonyl (C=O) groups is 2. The van der Waals surface area contributed by atoms with E-state index in [-0.39, 0.29) is 17.7 Å². The molecule has 1 fully saturated rings. The van der Waals surface area contributed by atoms with Crippen molar-refractivity contribution in [1.82, 2.24) is 24.8 Å². The summed E-state index contributed by atoms with van der Waals surface area (Å²) in [5.74, 6) is -0.185. The maximum absolute atomic E-state index is 12.3. The first kappa shape index (κ1) is 21.2. The van der Waals surface area contributed by atoms with Gasteiger partial charge >= 0.3 is 0 Å². The SMILES string of the molecule is Cc1cc2nc(C)c(CCC(=O)NCCCN3CCCC(C(N)=O)C3)c(C)n2n1. The van der Waals surface area contributed by atoms with Crippen molar-refractivity contribution in [2.24, 2.45) is 11.7 Å². The van der Waals surface area contributed by atoms with Crippen LogP contribution >= 0.6 is 0 Å². The van der Waals surface area contributed by atoms with Gasteiger partial charge in [0.2, 0.25) is 11.8 Å². The fraction of sp³-hybridized carbons (Fsp3) is 0.619. The van der Waals surface area contributed by atoms with Crippen LogP contribution in [-0.4, -0.2) is 57.5 Å². The van der Waals surface area contributed by atoms with Gasteiger partial charge in [-0.25, -0.2) is 9.50 Å². The molecule has 8 heteroatoms. The van der Waals surface area contributed by atoms with E-state index in [9.17, 15) is 9.59 Å². The number of hydrogen-bond donors (Lipinski definition) is 2. The molecule has 0 spiro atoms. The zero-order valence-corrected chi connectivity index (χ0v) is 17.7. The Morgan fingerprint density at radius 2 is 2.10 bits per heavy atom. The van der Waals surface area contributed by atoms with Crippen molar-refractivity contribution in [2.45, 2.75) is 52.9 Å². The third kappa shape index (κ3) is 5.32. The number of nitrogens with one attached hydrogen (secondary N) is 1. The van der Waals surface area contributed by atoms with Gasteiger partial charge in [0, 0.05) is 37.0 Å². The van der Waals surface area contributed by atoms with Crippen molar-refractivity contribution >= 4 is 17.5 Å². The number of aryl methyl sites for hydroxylation is 3. The van der Waals surface area contributed by atoms with Gasteiger partial charge in [-0.1, -0.05) is 0 Å². The summed E-state index contributed by atoms with van der Waals surface area (Å²) >= 11 is 0. The Bertz CT molecular complexity index is 891. The monoisotopic (exact) mass is 400 g/mol. The molecule has 3 N–H and O–H groups in total. The summed E-state index contributed by atoms with van der Waals surface area (Å²) in [5.41, 5.74) is 10.3. The van der Waals surface area contributed by atoms with Crippen LogP contribution in [0, 0.1) is 26.7 Å². The number of primary amides is 1. The predicted octanol–water partition coefficient (Wildman–Crippen LogP) is 1.29. The van der Waals surface area contributed by atoms with E-state index in [1.165, 1.54) is 0 Å². The molecule has 1 unspecified atom stereocenters. The number of likely N-dealkylation sites (tertiary alicyclic amines) is 1. The molecule has 0 aromatic carbocycles. The van der Waals surface area contributed by atoms with Crippen molar-refractivity contribution in [3.05, 3.63) is 28.7 Å². The van der Waals surface area contributed by atoms with Gasteiger partial charge in [0.1, 0.15) is 0 Å². The van der Waals surface area contributed by atoms with Crippen LogP contribution in [-0.2, 0) is 16.0 Å². The number of fused-ring (bicyclic) bond motifs is 1. The molecule has 3 heterocycles. The quantitative estimate of drug-likeness (QED) is 0.650. The number of piperidine rings is 1. The minimum absolute atomic E-state index is 0.0330. The van der Waals surface area contributed by atoms with Crippen LogP contribution in [0.25, 0.3) is 5.65 Å². The Morgan fingerprint density at radius 1 is 1.31 bits per heavy atom. The summed E-state index contributed by atoms with van der Waals surface area (Å²) in [6.07, 6.45) is 3.85. The molecule has 1 aliphatic heterocycles. The fourth-order valence-corrected chi connectivity index (χ4v) is 4.15. The van der Waals surface area contributed by atoms with Crippen LogP contribution < -0.4 is 11.1 Å². The molecule has 1 aliphatic rings. The van der Waals surface area contributed by atoms with Crippen molar-refractivity contribution in [3.63, 3.8) is 0 Å². The Balaban J connectivity index is 1.42. The third-order valence-corrected chi connectivity index (χ3v) is 5.77. The summed E-state index contributed by atoms with van der Waals surface area (Å²) in [5, 5.41) is 7.49. The first-order valence-electron chi connectivity index (χ1n) is 10.5. The predicted molar refractivity (Wildman–Crippen MR) is 112 cm³/mol. The summed E-state index contributed by atoms with van der Waals surface area (Å²) in [4.78, 5) is 30.5. The maximum Gasteiger partial charge on any atom is 0.221 e. The molecule has 158 valence electrons. The number of hydrogen-bond acceptors (Lipinski definition) is 5. The zero-order chi connectivity index (χ0) is 21.0. The topological polar surface area (TPSA) is 106 Å². The van der Waals surface area contributed by atoms with Gasteiger partial charge < -0.3 is 16.0 Å². The lowest BCUT2D eigenvalue weighted by Crippen LogP contribution is -2.42. The lowest BCUT2D eigenvalue weighted by molar-refractivity contribution is -0.123. The number of nitrogens with two attached hydrogens (primary N) is 1. The molecule has 0 bridgehead atoms. The van der Waals surface area contributed by atoms with E-state index in [2.05, 4.69) is 20.3 Å². The Morgan fingerprint density at radius 3 is 2.86 bits per heavy atom. The second kappa shape index (κ2) is 9.35. The fourth-order valence-electron chi connectivity index (χ4n) is 4.15. The van der Waals surface area contributed by atoms with Gasteiger partial charge in [0.25, 0.3) is 0 Å². The Kier molecular flexibility index (Phi) is 6.84. The molecule has 3 rings (SSSR count). The summed E-state index contributed by atoms with van der Waals surface area (Å²) in [6.45, 7) is 9.23. The van der Waals surface area contributed by atoms with Crippen LogP contribution in [0.3, 0.4) is 0 Å². The molecule has 2 amide bonds. The lowest BCUT2D eigenvalue weighted by Gasteiger charge is -2.31. The van der Waals surface area contributed by atoms with Crippen molar-refractivity contribution < 1.29 is 9.59 Å². The minimum atomic E-state index is -0.202. The Hall–Kier alpha value is -2.48. The lowest BCUT2D eigenvalue weighted by atomic mass is 9.97. The van der Waals surface area contributed by atoms with Gasteiger partial charge in [-0.2, -0.15) is 5.10 Å². The molecule has 1 atom stereocenters. The van der Waals surface area contributed by atoms with Crippen molar-refractivity contribution in [1.29, 1.82) is 0 Å². The van der Waals surface area contributed by atoms with Gasteiger partial charge in [0.15, 0.2) is 5.65 Å². The van der Waals surface area contributed by atoms with Gasteiger partial charge in [-0.3, -0.25) is 9.59 Å². The molecule has 0 aliphatic carbocycles. The number of amides is 2. The van der Waals surface area contributed by atoms with E-state index in [0.29, 0.717) is 19.4 Å². The third-order valence-electron chi connectivity index (χ3n) is 5.77. The summed E-state index contributed by atoms with van der Waals surface area (Å²) in [6, 6.07) is 1.96. The molecular weight excluding hydrogens is 368 g/mol. The molecule has 0 radical (unpaired) electrons. The molecule has 8 nitrogen and oxygen atoms in total. The highest BCUT2D eigenvalue weighted by atomic mass is 16.2. The average Bonchev–Trinajstić information content (AvgIpc) is 3.05. The zero-order valence-electron chi connectivity index (χ0n) is 17.7. The minimum Gasteiger partial charge on any atom is -0.369 e. The first-order chi connectivity index (χ1) is 13.8. The van der Waals surface area contributed by atoms with Crippen LogP contribution in [0.1, 0.15) is 48.3 Å². The standard InChI is InChI=1S/C21H32N6O2/c1-14-12-19-24-15(2)18(16(3)27(19)25-14)7-8-20(28)23-9-5-11-26-10-4-6-17(13-26)21(22)29/h12,17H,4-11,13H2,1-3H3,(H2,22,29)(H,23,28). The van der Waals surface area contributed by atoms with Crippen molar-refractivity contribution in [2.75, 3.05) is 26.2 Å². The second-order valence-electron chi connectivity index (χ2n) is 8.06. The normalized spacial score (nSPS) is 17.6. The maximum atomic E-state index is 12.3. The summed E-state index contributed by atoms with van der Waals surface area (Å²) in [7, 11) is 0. The molecule has 2 aromatic heterocycles. The number of nitrogens with zero attached hydrogens (tertiary/aromatic N) is 4. The van der Waals surface area contributed by atoms with Crippen LogP contribution in [0.2, 0.25) is 0 Å². The highest BCUT2D eigenvalue weighted by Gasteiger charge is 2.23. The first-order valence-corrected chi connectivity index (χ1v) is 10.5. The van der Waals surface area contributed by atoms with Crippen LogP contribution in [0.4, 0.5) is 0 Å². The average molecular weight is 401 g/mol. The van der Waals surface area contributed by atoms with E-state index in [0.717, 1.165) is 67.2 Å². The molecule has 2 aromatic rings. The highest BCUT2D eigenvalue weighted by molar-refractivity contribution is 5.77. The largest absolute Gasteiger partial charge is 0.369 e.